The molecule has 2 aliphatic carbocycles. The maximum Gasteiger partial charge on any atom is 0.255 e. The molecule has 0 bridgehead atoms. The van der Waals surface area contributed by atoms with Crippen molar-refractivity contribution in [3.63, 3.8) is 0 Å². The van der Waals surface area contributed by atoms with Gasteiger partial charge in [-0.15, -0.1) is 0 Å². The third-order valence-electron chi connectivity index (χ3n) is 5.10. The summed E-state index contributed by atoms with van der Waals surface area (Å²) in [6.07, 6.45) is 3.64. The first kappa shape index (κ1) is 19.3. The Morgan fingerprint density at radius 2 is 2.21 bits per heavy atom. The van der Waals surface area contributed by atoms with Gasteiger partial charge in [-0.05, 0) is 36.4 Å². The minimum Gasteiger partial charge on any atom is -0.391 e. The summed E-state index contributed by atoms with van der Waals surface area (Å²) in [6, 6.07) is 2.78. The topological polar surface area (TPSA) is 67.2 Å². The van der Waals surface area contributed by atoms with Crippen molar-refractivity contribution >= 4 is 16.9 Å². The van der Waals surface area contributed by atoms with Gasteiger partial charge in [-0.25, -0.2) is 8.78 Å². The van der Waals surface area contributed by atoms with Crippen LogP contribution in [0.2, 0.25) is 0 Å². The van der Waals surface area contributed by atoms with E-state index in [2.05, 4.69) is 21.8 Å². The zero-order valence-corrected chi connectivity index (χ0v) is 15.3. The number of allylic oxidation sites excluding steroid dienone is 4. The first-order valence-corrected chi connectivity index (χ1v) is 9.21. The van der Waals surface area contributed by atoms with Gasteiger partial charge in [0.25, 0.3) is 11.8 Å². The molecule has 2 aliphatic rings. The Morgan fingerprint density at radius 3 is 2.93 bits per heavy atom. The predicted molar refractivity (Wildman–Crippen MR) is 100 cm³/mol. The second-order valence-electron chi connectivity index (χ2n) is 7.24. The van der Waals surface area contributed by atoms with E-state index >= 15 is 0 Å². The third kappa shape index (κ3) is 4.05. The van der Waals surface area contributed by atoms with Crippen molar-refractivity contribution in [1.82, 2.24) is 14.9 Å². The summed E-state index contributed by atoms with van der Waals surface area (Å²) in [5.74, 6) is -3.92. The molecule has 0 aliphatic heterocycles. The number of nitrogens with zero attached hydrogens (tertiary/aromatic N) is 2. The van der Waals surface area contributed by atoms with Crippen LogP contribution in [0, 0.1) is 0 Å². The number of aromatic nitrogens is 2. The molecule has 1 amide bonds. The predicted octanol–water partition coefficient (Wildman–Crippen LogP) is 3.42. The molecule has 0 spiro atoms. The zero-order valence-electron chi connectivity index (χ0n) is 15.3. The Labute approximate surface area is 164 Å². The molecule has 2 N–H and O–H groups in total. The van der Waals surface area contributed by atoms with E-state index in [1.54, 1.807) is 35.2 Å². The quantitative estimate of drug-likeness (QED) is 0.772. The van der Waals surface area contributed by atoms with Gasteiger partial charge >= 0.3 is 0 Å². The number of hydrogen-bond acceptors (Lipinski definition) is 3. The summed E-state index contributed by atoms with van der Waals surface area (Å²) in [5.41, 5.74) is 7.18. The molecule has 5 nitrogen and oxygen atoms in total. The number of rotatable bonds is 4. The SMILES string of the molecule is O=C(N[C@H]1CCC(F)(F)CC1O)c1cn(CC2=C=C=C(F)C=C2)c2cccnc12. The van der Waals surface area contributed by atoms with Crippen molar-refractivity contribution in [2.24, 2.45) is 0 Å². The van der Waals surface area contributed by atoms with Gasteiger partial charge in [0.2, 0.25) is 0 Å². The smallest absolute Gasteiger partial charge is 0.255 e. The van der Waals surface area contributed by atoms with E-state index < -0.39 is 36.2 Å². The van der Waals surface area contributed by atoms with E-state index in [1.807, 2.05) is 0 Å². The number of halogens is 3. The first-order valence-electron chi connectivity index (χ1n) is 9.21. The number of nitrogens with one attached hydrogen (secondary N) is 1. The number of aliphatic hydroxyl groups excluding tert-OH is 1. The molecule has 0 aromatic carbocycles. The van der Waals surface area contributed by atoms with Gasteiger partial charge in [0, 0.05) is 30.8 Å². The Bertz CT molecular complexity index is 1110. The minimum absolute atomic E-state index is 0.00759. The van der Waals surface area contributed by atoms with Crippen molar-refractivity contribution < 1.29 is 23.1 Å². The largest absolute Gasteiger partial charge is 0.391 e. The standard InChI is InChI=1S/C21H18F3N3O2/c22-14-5-3-13(4-6-14)11-27-12-15(19-17(27)2-1-9-25-19)20(29)26-16-7-8-21(23,24)10-18(16)28/h1-3,5,9,12,16,18,28H,7-8,10-11H2,(H,26,29)/t16-,18?/m0/s1. The Morgan fingerprint density at radius 1 is 1.38 bits per heavy atom. The number of carbonyl (C=O) groups is 1. The fourth-order valence-electron chi connectivity index (χ4n) is 3.62. The van der Waals surface area contributed by atoms with Crippen LogP contribution in [0.5, 0.6) is 0 Å². The second kappa shape index (κ2) is 7.41. The van der Waals surface area contributed by atoms with Crippen molar-refractivity contribution in [1.29, 1.82) is 0 Å². The molecule has 8 heteroatoms. The molecule has 2 aromatic rings. The number of carbonyl (C=O) groups excluding carboxylic acids is 1. The van der Waals surface area contributed by atoms with E-state index in [9.17, 15) is 23.1 Å². The number of pyridine rings is 1. The minimum atomic E-state index is -2.92. The fourth-order valence-corrected chi connectivity index (χ4v) is 3.62. The highest BCUT2D eigenvalue weighted by Gasteiger charge is 2.41. The van der Waals surface area contributed by atoms with Crippen molar-refractivity contribution in [3.8, 4) is 0 Å². The van der Waals surface area contributed by atoms with Crippen molar-refractivity contribution in [3.05, 3.63) is 65.1 Å². The molecule has 2 aromatic heterocycles. The summed E-state index contributed by atoms with van der Waals surface area (Å²) in [5, 5.41) is 12.6. The molecule has 0 saturated heterocycles. The molecule has 1 unspecified atom stereocenters. The summed E-state index contributed by atoms with van der Waals surface area (Å²) >= 11 is 0. The van der Waals surface area contributed by atoms with Crippen LogP contribution < -0.4 is 5.32 Å². The molecule has 1 saturated carbocycles. The molecule has 1 fully saturated rings. The van der Waals surface area contributed by atoms with E-state index in [4.69, 9.17) is 0 Å². The summed E-state index contributed by atoms with van der Waals surface area (Å²) < 4.78 is 41.7. The number of fused-ring (bicyclic) bond motifs is 1. The lowest BCUT2D eigenvalue weighted by atomic mass is 9.89. The van der Waals surface area contributed by atoms with Gasteiger partial charge in [0.05, 0.1) is 29.8 Å². The molecule has 29 heavy (non-hydrogen) atoms. The molecule has 150 valence electrons. The maximum absolute atomic E-state index is 13.4. The summed E-state index contributed by atoms with van der Waals surface area (Å²) in [4.78, 5) is 17.1. The average molecular weight is 401 g/mol. The van der Waals surface area contributed by atoms with Crippen LogP contribution in [0.4, 0.5) is 13.2 Å². The highest BCUT2D eigenvalue weighted by Crippen LogP contribution is 2.33. The second-order valence-corrected chi connectivity index (χ2v) is 7.24. The fraction of sp³-hybridized carbons (Fsp3) is 0.333. The van der Waals surface area contributed by atoms with Gasteiger partial charge in [-0.3, -0.25) is 9.78 Å². The summed E-state index contributed by atoms with van der Waals surface area (Å²) in [6.45, 7) is 0.324. The maximum atomic E-state index is 13.4. The van der Waals surface area contributed by atoms with E-state index in [-0.39, 0.29) is 18.4 Å². The van der Waals surface area contributed by atoms with Crippen LogP contribution in [-0.4, -0.2) is 38.6 Å². The van der Waals surface area contributed by atoms with E-state index in [0.29, 0.717) is 23.2 Å². The lowest BCUT2D eigenvalue weighted by Gasteiger charge is -2.33. The van der Waals surface area contributed by atoms with E-state index in [1.165, 1.54) is 6.08 Å². The van der Waals surface area contributed by atoms with Crippen LogP contribution in [-0.2, 0) is 6.54 Å². The molecule has 2 atom stereocenters. The van der Waals surface area contributed by atoms with Gasteiger partial charge in [-0.2, -0.15) is 4.39 Å². The number of alkyl halides is 2. The Kier molecular flexibility index (Phi) is 4.92. The highest BCUT2D eigenvalue weighted by atomic mass is 19.3. The molecular formula is C21H18F3N3O2. The van der Waals surface area contributed by atoms with Gasteiger partial charge < -0.3 is 15.0 Å². The highest BCUT2D eigenvalue weighted by molar-refractivity contribution is 6.05. The third-order valence-corrected chi connectivity index (χ3v) is 5.10. The number of hydrogen-bond donors (Lipinski definition) is 2. The van der Waals surface area contributed by atoms with Crippen molar-refractivity contribution in [2.75, 3.05) is 0 Å². The molecule has 2 heterocycles. The monoisotopic (exact) mass is 401 g/mol. The Hall–Kier alpha value is -3.05. The van der Waals surface area contributed by atoms with Crippen LogP contribution in [0.3, 0.4) is 0 Å². The van der Waals surface area contributed by atoms with Crippen LogP contribution >= 0.6 is 0 Å². The average Bonchev–Trinajstić information content (AvgIpc) is 3.04. The lowest BCUT2D eigenvalue weighted by Crippen LogP contribution is -2.49. The molecule has 0 radical (unpaired) electrons. The van der Waals surface area contributed by atoms with Gasteiger partial charge in [-0.1, -0.05) is 5.73 Å². The van der Waals surface area contributed by atoms with Crippen molar-refractivity contribution in [2.45, 2.75) is 43.9 Å². The number of aliphatic hydroxyl groups is 1. The van der Waals surface area contributed by atoms with Crippen LogP contribution in [0.25, 0.3) is 11.0 Å². The van der Waals surface area contributed by atoms with Gasteiger partial charge in [0.15, 0.2) is 5.83 Å². The Balaban J connectivity index is 1.60. The summed E-state index contributed by atoms with van der Waals surface area (Å²) in [7, 11) is 0. The van der Waals surface area contributed by atoms with Crippen LogP contribution in [0.1, 0.15) is 29.6 Å². The number of amides is 1. The zero-order chi connectivity index (χ0) is 20.6. The first-order chi connectivity index (χ1) is 13.8. The van der Waals surface area contributed by atoms with Crippen LogP contribution in [0.15, 0.2) is 59.5 Å². The van der Waals surface area contributed by atoms with E-state index in [0.717, 1.165) is 0 Å². The lowest BCUT2D eigenvalue weighted by molar-refractivity contribution is -0.0862. The molecular weight excluding hydrogens is 383 g/mol. The van der Waals surface area contributed by atoms with Gasteiger partial charge in [0.1, 0.15) is 5.52 Å². The molecule has 4 rings (SSSR count). The normalized spacial score (nSPS) is 23.0.